The van der Waals surface area contributed by atoms with Gasteiger partial charge in [-0.1, -0.05) is 22.8 Å². The van der Waals surface area contributed by atoms with E-state index in [0.717, 1.165) is 11.4 Å². The molecule has 12 heteroatoms. The first-order valence-electron chi connectivity index (χ1n) is 10.2. The molecule has 0 bridgehead atoms. The third kappa shape index (κ3) is 4.69. The normalized spacial score (nSPS) is 15.7. The zero-order valence-electron chi connectivity index (χ0n) is 18.0. The summed E-state index contributed by atoms with van der Waals surface area (Å²) in [5.74, 6) is 0.300. The number of hydrogen-bond acceptors (Lipinski definition) is 9. The highest BCUT2D eigenvalue weighted by molar-refractivity contribution is 6.35. The Kier molecular flexibility index (Phi) is 6.61. The lowest BCUT2D eigenvalue weighted by Gasteiger charge is -2.19. The Labute approximate surface area is 194 Å². The minimum atomic E-state index is -1.06. The van der Waals surface area contributed by atoms with E-state index in [-0.39, 0.29) is 42.4 Å². The number of carbonyl (C=O) groups excluding carboxylic acids is 1. The number of hydrogen-bond donors (Lipinski definition) is 4. The molecule has 3 heterocycles. The predicted molar refractivity (Wildman–Crippen MR) is 121 cm³/mol. The number of aromatic nitrogens is 3. The molecule has 0 fully saturated rings. The summed E-state index contributed by atoms with van der Waals surface area (Å²) in [6.45, 7) is 1.72. The zero-order valence-corrected chi connectivity index (χ0v) is 18.7. The Morgan fingerprint density at radius 2 is 2.21 bits per heavy atom. The highest BCUT2D eigenvalue weighted by atomic mass is 35.5. The van der Waals surface area contributed by atoms with Gasteiger partial charge in [-0.15, -0.1) is 0 Å². The summed E-state index contributed by atoms with van der Waals surface area (Å²) in [6.07, 6.45) is -0.172. The molecule has 0 spiro atoms. The molecule has 2 unspecified atom stereocenters. The number of anilines is 3. The molecule has 10 nitrogen and oxygen atoms in total. The minimum absolute atomic E-state index is 0.00126. The summed E-state index contributed by atoms with van der Waals surface area (Å²) >= 11 is 6.20. The third-order valence-electron chi connectivity index (χ3n) is 5.22. The van der Waals surface area contributed by atoms with Crippen LogP contribution < -0.4 is 20.9 Å². The fourth-order valence-electron chi connectivity index (χ4n) is 3.49. The topological polar surface area (TPSA) is 128 Å². The molecule has 0 saturated heterocycles. The van der Waals surface area contributed by atoms with Gasteiger partial charge in [0.1, 0.15) is 29.0 Å². The molecule has 33 heavy (non-hydrogen) atoms. The SMILES string of the molecule is CC(F)c1ccc2c(c1)NC(c1cc(CNC(=O)c3ncnc(NCCO)c3Cl)no1)N2C. The van der Waals surface area contributed by atoms with Gasteiger partial charge in [-0.05, 0) is 24.6 Å². The van der Waals surface area contributed by atoms with Gasteiger partial charge < -0.3 is 30.5 Å². The van der Waals surface area contributed by atoms with E-state index >= 15 is 0 Å². The number of halogens is 2. The number of aliphatic hydroxyl groups excluding tert-OH is 1. The lowest BCUT2D eigenvalue weighted by atomic mass is 10.1. The highest BCUT2D eigenvalue weighted by Gasteiger charge is 2.30. The molecule has 0 saturated carbocycles. The second-order valence-corrected chi connectivity index (χ2v) is 7.87. The molecule has 3 aromatic rings. The molecular weight excluding hydrogens is 453 g/mol. The summed E-state index contributed by atoms with van der Waals surface area (Å²) in [7, 11) is 1.89. The number of benzene rings is 1. The largest absolute Gasteiger partial charge is 0.395 e. The first kappa shape index (κ1) is 22.7. The van der Waals surface area contributed by atoms with Gasteiger partial charge in [-0.2, -0.15) is 0 Å². The minimum Gasteiger partial charge on any atom is -0.395 e. The molecule has 174 valence electrons. The Hall–Kier alpha value is -3.44. The van der Waals surface area contributed by atoms with Gasteiger partial charge in [0.25, 0.3) is 5.91 Å². The molecule has 2 aromatic heterocycles. The van der Waals surface area contributed by atoms with E-state index in [9.17, 15) is 9.18 Å². The Morgan fingerprint density at radius 3 is 2.97 bits per heavy atom. The van der Waals surface area contributed by atoms with Gasteiger partial charge in [0.05, 0.1) is 24.5 Å². The second-order valence-electron chi connectivity index (χ2n) is 7.49. The first-order chi connectivity index (χ1) is 15.9. The molecule has 0 aliphatic carbocycles. The molecular formula is C21H23ClFN7O3. The van der Waals surface area contributed by atoms with E-state index in [1.54, 1.807) is 18.2 Å². The van der Waals surface area contributed by atoms with Crippen molar-refractivity contribution in [3.8, 4) is 0 Å². The third-order valence-corrected chi connectivity index (χ3v) is 5.58. The van der Waals surface area contributed by atoms with Gasteiger partial charge in [0, 0.05) is 19.7 Å². The predicted octanol–water partition coefficient (Wildman–Crippen LogP) is 3.04. The van der Waals surface area contributed by atoms with Crippen molar-refractivity contribution in [2.45, 2.75) is 25.8 Å². The van der Waals surface area contributed by atoms with Crippen molar-refractivity contribution in [3.63, 3.8) is 0 Å². The maximum absolute atomic E-state index is 13.7. The molecule has 4 N–H and O–H groups in total. The van der Waals surface area contributed by atoms with Gasteiger partial charge in [0.2, 0.25) is 0 Å². The summed E-state index contributed by atoms with van der Waals surface area (Å²) in [5, 5.41) is 21.8. The van der Waals surface area contributed by atoms with E-state index in [0.29, 0.717) is 17.0 Å². The standard InChI is InChI=1S/C21H23ClFN7O3/c1-11(23)12-3-4-15-14(7-12)28-20(30(15)2)16-8-13(29-33-16)9-25-21(32)18-17(22)19(24-5-6-31)27-10-26-18/h3-4,7-8,10-11,20,28,31H,5-6,9H2,1-2H3,(H,25,32)(H,24,26,27). The molecule has 1 aliphatic rings. The van der Waals surface area contributed by atoms with Crippen LogP contribution in [0.3, 0.4) is 0 Å². The van der Waals surface area contributed by atoms with Crippen LogP contribution in [0.1, 0.15) is 46.8 Å². The lowest BCUT2D eigenvalue weighted by Crippen LogP contribution is -2.25. The summed E-state index contributed by atoms with van der Waals surface area (Å²) in [4.78, 5) is 22.4. The highest BCUT2D eigenvalue weighted by Crippen LogP contribution is 2.41. The van der Waals surface area contributed by atoms with E-state index in [4.69, 9.17) is 21.2 Å². The molecule has 1 amide bonds. The van der Waals surface area contributed by atoms with Gasteiger partial charge >= 0.3 is 0 Å². The average Bonchev–Trinajstić information content (AvgIpc) is 3.40. The fraction of sp³-hybridized carbons (Fsp3) is 0.333. The quantitative estimate of drug-likeness (QED) is 0.388. The van der Waals surface area contributed by atoms with Crippen molar-refractivity contribution in [2.75, 3.05) is 35.7 Å². The van der Waals surface area contributed by atoms with Crippen LogP contribution in [0, 0.1) is 0 Å². The van der Waals surface area contributed by atoms with Crippen molar-refractivity contribution in [1.82, 2.24) is 20.4 Å². The van der Waals surface area contributed by atoms with Crippen molar-refractivity contribution >= 4 is 34.7 Å². The van der Waals surface area contributed by atoms with E-state index < -0.39 is 12.1 Å². The van der Waals surface area contributed by atoms with Gasteiger partial charge in [-0.3, -0.25) is 4.79 Å². The van der Waals surface area contributed by atoms with Crippen LogP contribution in [-0.2, 0) is 6.54 Å². The van der Waals surface area contributed by atoms with Crippen LogP contribution in [0.2, 0.25) is 5.02 Å². The number of carbonyl (C=O) groups is 1. The van der Waals surface area contributed by atoms with Crippen LogP contribution in [-0.4, -0.2) is 46.3 Å². The molecule has 1 aliphatic heterocycles. The fourth-order valence-corrected chi connectivity index (χ4v) is 3.74. The maximum Gasteiger partial charge on any atom is 0.271 e. The first-order valence-corrected chi connectivity index (χ1v) is 10.6. The number of nitrogens with zero attached hydrogens (tertiary/aromatic N) is 4. The molecule has 1 aromatic carbocycles. The van der Waals surface area contributed by atoms with Crippen LogP contribution in [0.5, 0.6) is 0 Å². The Bertz CT molecular complexity index is 1160. The van der Waals surface area contributed by atoms with Crippen molar-refractivity contribution < 1.29 is 18.8 Å². The number of rotatable bonds is 8. The summed E-state index contributed by atoms with van der Waals surface area (Å²) < 4.78 is 19.2. The van der Waals surface area contributed by atoms with Gasteiger partial charge in [-0.25, -0.2) is 14.4 Å². The van der Waals surface area contributed by atoms with Crippen LogP contribution in [0.15, 0.2) is 35.1 Å². The van der Waals surface area contributed by atoms with Crippen molar-refractivity contribution in [3.05, 3.63) is 58.3 Å². The van der Waals surface area contributed by atoms with E-state index in [2.05, 4.69) is 31.1 Å². The number of alkyl halides is 1. The van der Waals surface area contributed by atoms with E-state index in [1.165, 1.54) is 13.3 Å². The number of aliphatic hydroxyl groups is 1. The summed E-state index contributed by atoms with van der Waals surface area (Å²) in [6, 6.07) is 7.13. The lowest BCUT2D eigenvalue weighted by molar-refractivity contribution is 0.0945. The average molecular weight is 476 g/mol. The Balaban J connectivity index is 1.41. The van der Waals surface area contributed by atoms with E-state index in [1.807, 2.05) is 18.0 Å². The molecule has 2 atom stereocenters. The monoisotopic (exact) mass is 475 g/mol. The van der Waals surface area contributed by atoms with Crippen LogP contribution >= 0.6 is 11.6 Å². The molecule has 0 radical (unpaired) electrons. The summed E-state index contributed by atoms with van der Waals surface area (Å²) in [5.41, 5.74) is 2.82. The number of fused-ring (bicyclic) bond motifs is 1. The van der Waals surface area contributed by atoms with Gasteiger partial charge in [0.15, 0.2) is 17.6 Å². The van der Waals surface area contributed by atoms with Crippen molar-refractivity contribution in [2.24, 2.45) is 0 Å². The smallest absolute Gasteiger partial charge is 0.271 e. The second kappa shape index (κ2) is 9.59. The van der Waals surface area contributed by atoms with Crippen molar-refractivity contribution in [1.29, 1.82) is 0 Å². The van der Waals surface area contributed by atoms with Crippen LogP contribution in [0.4, 0.5) is 21.6 Å². The molecule has 4 rings (SSSR count). The maximum atomic E-state index is 13.7. The zero-order chi connectivity index (χ0) is 23.5. The number of nitrogens with one attached hydrogen (secondary N) is 3. The Morgan fingerprint density at radius 1 is 1.39 bits per heavy atom. The number of amides is 1. The van der Waals surface area contributed by atoms with Crippen LogP contribution in [0.25, 0.3) is 0 Å².